The summed E-state index contributed by atoms with van der Waals surface area (Å²) in [6, 6.07) is 10.8. The normalized spacial score (nSPS) is 14.1. The van der Waals surface area contributed by atoms with Crippen molar-refractivity contribution in [2.45, 2.75) is 32.4 Å². The van der Waals surface area contributed by atoms with Crippen molar-refractivity contribution in [3.05, 3.63) is 59.8 Å². The van der Waals surface area contributed by atoms with E-state index in [0.717, 1.165) is 38.0 Å². The van der Waals surface area contributed by atoms with Gasteiger partial charge in [-0.05, 0) is 25.3 Å². The lowest BCUT2D eigenvalue weighted by atomic mass is 10.0. The molecule has 1 saturated heterocycles. The maximum absolute atomic E-state index is 12.6. The average Bonchev–Trinajstić information content (AvgIpc) is 2.84. The molecule has 5 N–H and O–H groups in total. The lowest BCUT2D eigenvalue weighted by Crippen LogP contribution is -2.46. The Hall–Kier alpha value is -3.99. The molecule has 1 aromatic heterocycles. The largest absolute Gasteiger partial charge is 0.478 e. The molecule has 188 valence electrons. The van der Waals surface area contributed by atoms with Crippen LogP contribution in [0.25, 0.3) is 0 Å². The third-order valence-corrected chi connectivity index (χ3v) is 5.51. The number of nitrogens with one attached hydrogen (secondary N) is 1. The number of benzene rings is 1. The number of nitrogen functional groups attached to an aromatic ring is 1. The number of nitrogens with zero attached hydrogens (tertiary/aromatic N) is 4. The summed E-state index contributed by atoms with van der Waals surface area (Å²) in [6.45, 7) is 5.08. The van der Waals surface area contributed by atoms with Gasteiger partial charge in [-0.25, -0.2) is 14.6 Å². The molecule has 0 unspecified atom stereocenters. The summed E-state index contributed by atoms with van der Waals surface area (Å²) in [7, 11) is 1.89. The van der Waals surface area contributed by atoms with E-state index in [9.17, 15) is 14.4 Å². The standard InChI is InChI=1S/C20H28N6O.C4H4O4/c1-15-12-23-20(21)24-19(15)22-13-18(27)25(2)17-8-10-26(11-9-17)14-16-6-4-3-5-7-16;5-3(6)1-2-4(7)8/h3-7,12,17H,8-11,13-14H2,1-2H3,(H3,21,22,23,24);1-2H,(H,5,6)(H,7,8). The molecule has 1 amide bonds. The van der Waals surface area contributed by atoms with E-state index in [2.05, 4.69) is 44.5 Å². The first kappa shape index (κ1) is 27.3. The highest BCUT2D eigenvalue weighted by Gasteiger charge is 2.25. The lowest BCUT2D eigenvalue weighted by Gasteiger charge is -2.36. The van der Waals surface area contributed by atoms with Crippen molar-refractivity contribution < 1.29 is 24.6 Å². The topological polar surface area (TPSA) is 162 Å². The van der Waals surface area contributed by atoms with E-state index in [1.54, 1.807) is 6.20 Å². The van der Waals surface area contributed by atoms with Crippen molar-refractivity contribution in [1.82, 2.24) is 19.8 Å². The van der Waals surface area contributed by atoms with Gasteiger partial charge < -0.3 is 26.2 Å². The summed E-state index contributed by atoms with van der Waals surface area (Å²) in [5.74, 6) is -1.63. The van der Waals surface area contributed by atoms with E-state index < -0.39 is 11.9 Å². The van der Waals surface area contributed by atoms with E-state index in [1.807, 2.05) is 24.9 Å². The average molecular weight is 485 g/mol. The van der Waals surface area contributed by atoms with Crippen LogP contribution in [0.15, 0.2) is 48.7 Å². The number of aryl methyl sites for hydroxylation is 1. The number of aliphatic carboxylic acids is 2. The van der Waals surface area contributed by atoms with Crippen LogP contribution in [0.4, 0.5) is 11.8 Å². The summed E-state index contributed by atoms with van der Waals surface area (Å²) < 4.78 is 0. The number of carbonyl (C=O) groups excluding carboxylic acids is 1. The summed E-state index contributed by atoms with van der Waals surface area (Å²) in [5, 5.41) is 18.7. The highest BCUT2D eigenvalue weighted by Crippen LogP contribution is 2.18. The molecule has 1 aliphatic rings. The van der Waals surface area contributed by atoms with Crippen molar-refractivity contribution in [2.75, 3.05) is 37.7 Å². The Morgan fingerprint density at radius 3 is 2.31 bits per heavy atom. The van der Waals surface area contributed by atoms with Gasteiger partial charge in [0.1, 0.15) is 5.82 Å². The quantitative estimate of drug-likeness (QED) is 0.405. The molecule has 11 nitrogen and oxygen atoms in total. The van der Waals surface area contributed by atoms with Gasteiger partial charge in [0.15, 0.2) is 0 Å². The number of likely N-dealkylation sites (N-methyl/N-ethyl adjacent to an activating group) is 1. The minimum absolute atomic E-state index is 0.0630. The van der Waals surface area contributed by atoms with Gasteiger partial charge in [-0.2, -0.15) is 4.98 Å². The molecule has 1 aromatic carbocycles. The molecule has 2 heterocycles. The van der Waals surface area contributed by atoms with Crippen molar-refractivity contribution >= 4 is 29.6 Å². The van der Waals surface area contributed by atoms with E-state index in [0.29, 0.717) is 18.0 Å². The first-order valence-corrected chi connectivity index (χ1v) is 11.1. The van der Waals surface area contributed by atoms with Gasteiger partial charge in [0.25, 0.3) is 0 Å². The number of hydrogen-bond acceptors (Lipinski definition) is 8. The van der Waals surface area contributed by atoms with Gasteiger partial charge in [-0.1, -0.05) is 30.3 Å². The Morgan fingerprint density at radius 1 is 1.14 bits per heavy atom. The van der Waals surface area contributed by atoms with Crippen LogP contribution in [0, 0.1) is 6.92 Å². The minimum Gasteiger partial charge on any atom is -0.478 e. The molecule has 35 heavy (non-hydrogen) atoms. The zero-order valence-electron chi connectivity index (χ0n) is 19.9. The molecule has 0 saturated carbocycles. The Morgan fingerprint density at radius 2 is 1.74 bits per heavy atom. The number of aromatic nitrogens is 2. The van der Waals surface area contributed by atoms with Gasteiger partial charge in [0.05, 0.1) is 6.54 Å². The van der Waals surface area contributed by atoms with Crippen LogP contribution in [0.3, 0.4) is 0 Å². The van der Waals surface area contributed by atoms with Crippen molar-refractivity contribution in [3.63, 3.8) is 0 Å². The molecule has 2 aromatic rings. The molecular formula is C24H32N6O5. The Labute approximate surface area is 204 Å². The van der Waals surface area contributed by atoms with Gasteiger partial charge in [0.2, 0.25) is 11.9 Å². The maximum atomic E-state index is 12.6. The fourth-order valence-corrected chi connectivity index (χ4v) is 3.57. The van der Waals surface area contributed by atoms with E-state index in [4.69, 9.17) is 15.9 Å². The van der Waals surface area contributed by atoms with Crippen LogP contribution in [0.1, 0.15) is 24.0 Å². The summed E-state index contributed by atoms with van der Waals surface area (Å²) in [4.78, 5) is 44.1. The highest BCUT2D eigenvalue weighted by atomic mass is 16.4. The smallest absolute Gasteiger partial charge is 0.328 e. The zero-order valence-corrected chi connectivity index (χ0v) is 19.9. The fourth-order valence-electron chi connectivity index (χ4n) is 3.57. The monoisotopic (exact) mass is 484 g/mol. The fraction of sp³-hybridized carbons (Fsp3) is 0.375. The maximum Gasteiger partial charge on any atom is 0.328 e. The second kappa shape index (κ2) is 13.7. The summed E-state index contributed by atoms with van der Waals surface area (Å²) in [5.41, 5.74) is 7.82. The number of carboxylic acids is 2. The second-order valence-electron chi connectivity index (χ2n) is 8.12. The molecule has 1 fully saturated rings. The number of carboxylic acid groups (broad SMARTS) is 2. The molecule has 0 aliphatic carbocycles. The van der Waals surface area contributed by atoms with Crippen LogP contribution >= 0.6 is 0 Å². The summed E-state index contributed by atoms with van der Waals surface area (Å²) >= 11 is 0. The van der Waals surface area contributed by atoms with Gasteiger partial charge in [-0.15, -0.1) is 0 Å². The van der Waals surface area contributed by atoms with Crippen molar-refractivity contribution in [3.8, 4) is 0 Å². The van der Waals surface area contributed by atoms with Crippen LogP contribution in [-0.4, -0.2) is 80.6 Å². The molecule has 3 rings (SSSR count). The van der Waals surface area contributed by atoms with Gasteiger partial charge in [0, 0.05) is 56.6 Å². The lowest BCUT2D eigenvalue weighted by molar-refractivity contribution is -0.134. The SMILES string of the molecule is Cc1cnc(N)nc1NCC(=O)N(C)C1CCN(Cc2ccccc2)CC1.O=C(O)C=CC(=O)O. The Kier molecular flexibility index (Phi) is 10.6. The molecule has 0 bridgehead atoms. The molecule has 1 aliphatic heterocycles. The minimum atomic E-state index is -1.26. The number of hydrogen-bond donors (Lipinski definition) is 4. The van der Waals surface area contributed by atoms with E-state index >= 15 is 0 Å². The number of carbonyl (C=O) groups is 3. The van der Waals surface area contributed by atoms with E-state index in [1.165, 1.54) is 5.56 Å². The van der Waals surface area contributed by atoms with Gasteiger partial charge in [-0.3, -0.25) is 9.69 Å². The number of likely N-dealkylation sites (tertiary alicyclic amines) is 1. The first-order valence-electron chi connectivity index (χ1n) is 11.1. The molecule has 11 heteroatoms. The van der Waals surface area contributed by atoms with Crippen LogP contribution in [-0.2, 0) is 20.9 Å². The number of rotatable bonds is 8. The predicted molar refractivity (Wildman–Crippen MR) is 132 cm³/mol. The molecule has 0 atom stereocenters. The Balaban J connectivity index is 0.000000466. The molecule has 0 spiro atoms. The first-order chi connectivity index (χ1) is 16.7. The number of anilines is 2. The van der Waals surface area contributed by atoms with Crippen LogP contribution in [0.5, 0.6) is 0 Å². The van der Waals surface area contributed by atoms with Crippen molar-refractivity contribution in [2.24, 2.45) is 0 Å². The molecule has 0 radical (unpaired) electrons. The molecular weight excluding hydrogens is 452 g/mol. The second-order valence-corrected chi connectivity index (χ2v) is 8.12. The van der Waals surface area contributed by atoms with Crippen molar-refractivity contribution in [1.29, 1.82) is 0 Å². The third-order valence-electron chi connectivity index (χ3n) is 5.51. The Bertz CT molecular complexity index is 1010. The van der Waals surface area contributed by atoms with E-state index in [-0.39, 0.29) is 24.4 Å². The third kappa shape index (κ3) is 9.80. The zero-order chi connectivity index (χ0) is 25.8. The number of piperidine rings is 1. The highest BCUT2D eigenvalue weighted by molar-refractivity contribution is 5.89. The van der Waals surface area contributed by atoms with Crippen LogP contribution in [0.2, 0.25) is 0 Å². The number of nitrogens with two attached hydrogens (primary N) is 1. The van der Waals surface area contributed by atoms with Crippen LogP contribution < -0.4 is 11.1 Å². The predicted octanol–water partition coefficient (Wildman–Crippen LogP) is 1.61. The van der Waals surface area contributed by atoms with Gasteiger partial charge >= 0.3 is 11.9 Å². The number of amides is 1. The summed E-state index contributed by atoms with van der Waals surface area (Å²) in [6.07, 6.45) is 4.76.